The van der Waals surface area contributed by atoms with Crippen LogP contribution in [0.4, 0.5) is 13.2 Å². The Labute approximate surface area is 162 Å². The van der Waals surface area contributed by atoms with Gasteiger partial charge >= 0.3 is 6.18 Å². The van der Waals surface area contributed by atoms with E-state index in [1.165, 1.54) is 18.2 Å². The van der Waals surface area contributed by atoms with Gasteiger partial charge in [-0.3, -0.25) is 14.5 Å². The molecule has 1 atom stereocenters. The van der Waals surface area contributed by atoms with Crippen molar-refractivity contribution in [2.75, 3.05) is 26.2 Å². The van der Waals surface area contributed by atoms with Crippen molar-refractivity contribution >= 4 is 11.8 Å². The predicted octanol–water partition coefficient (Wildman–Crippen LogP) is 1.53. The number of aliphatic hydroxyl groups is 1. The first-order valence-corrected chi connectivity index (χ1v) is 9.08. The van der Waals surface area contributed by atoms with Crippen molar-refractivity contribution in [1.29, 1.82) is 0 Å². The van der Waals surface area contributed by atoms with E-state index in [0.717, 1.165) is 6.07 Å². The van der Waals surface area contributed by atoms with Crippen molar-refractivity contribution in [2.24, 2.45) is 5.41 Å². The third-order valence-electron chi connectivity index (χ3n) is 4.71. The molecule has 0 aliphatic carbocycles. The highest BCUT2D eigenvalue weighted by Gasteiger charge is 2.36. The lowest BCUT2D eigenvalue weighted by molar-refractivity contribution is -0.139. The highest BCUT2D eigenvalue weighted by atomic mass is 19.4. The third-order valence-corrected chi connectivity index (χ3v) is 4.71. The van der Waals surface area contributed by atoms with Gasteiger partial charge in [0.15, 0.2) is 0 Å². The number of amides is 2. The second-order valence-electron chi connectivity index (χ2n) is 7.74. The molecule has 9 heteroatoms. The first-order chi connectivity index (χ1) is 13.0. The number of nitrogens with zero attached hydrogens (tertiary/aromatic N) is 1. The molecule has 1 aromatic carbocycles. The average molecular weight is 401 g/mol. The van der Waals surface area contributed by atoms with Gasteiger partial charge in [0.25, 0.3) is 0 Å². The fraction of sp³-hybridized carbons (Fsp3) is 0.579. The summed E-state index contributed by atoms with van der Waals surface area (Å²) in [5.74, 6) is -0.773. The van der Waals surface area contributed by atoms with Crippen LogP contribution < -0.4 is 10.6 Å². The molecule has 156 valence electrons. The Morgan fingerprint density at radius 2 is 2.00 bits per heavy atom. The van der Waals surface area contributed by atoms with Crippen molar-refractivity contribution in [2.45, 2.75) is 39.0 Å². The Hall–Kier alpha value is -2.13. The first kappa shape index (κ1) is 22.2. The molecule has 1 aromatic rings. The van der Waals surface area contributed by atoms with Crippen molar-refractivity contribution in [3.63, 3.8) is 0 Å². The molecular formula is C19H26F3N3O3. The predicted molar refractivity (Wildman–Crippen MR) is 97.1 cm³/mol. The van der Waals surface area contributed by atoms with Gasteiger partial charge in [0.05, 0.1) is 18.0 Å². The van der Waals surface area contributed by atoms with Gasteiger partial charge < -0.3 is 15.7 Å². The summed E-state index contributed by atoms with van der Waals surface area (Å²) in [4.78, 5) is 26.1. The van der Waals surface area contributed by atoms with Crippen molar-refractivity contribution in [1.82, 2.24) is 15.5 Å². The second kappa shape index (κ2) is 8.91. The minimum atomic E-state index is -4.49. The zero-order chi connectivity index (χ0) is 20.9. The standard InChI is InChI=1S/C19H26F3N3O3/c1-18(2,12-26)11-24-16(27)9-15-17(28)23-7-8-25(15)10-13-5-3-4-6-14(13)19(20,21)22/h3-6,15,26H,7-12H2,1-2H3,(H,23,28)(H,24,27). The van der Waals surface area contributed by atoms with Crippen LogP contribution in [0.25, 0.3) is 0 Å². The van der Waals surface area contributed by atoms with Gasteiger partial charge in [-0.25, -0.2) is 0 Å². The Kier molecular flexibility index (Phi) is 7.06. The average Bonchev–Trinajstić information content (AvgIpc) is 2.62. The normalized spacial score (nSPS) is 18.6. The number of rotatable bonds is 7. The molecule has 0 radical (unpaired) electrons. The summed E-state index contributed by atoms with van der Waals surface area (Å²) in [5, 5.41) is 14.6. The number of carbonyl (C=O) groups is 2. The maximum absolute atomic E-state index is 13.2. The Bertz CT molecular complexity index is 707. The third kappa shape index (κ3) is 5.93. The van der Waals surface area contributed by atoms with E-state index in [2.05, 4.69) is 10.6 Å². The highest BCUT2D eigenvalue weighted by Crippen LogP contribution is 2.32. The summed E-state index contributed by atoms with van der Waals surface area (Å²) in [6.45, 7) is 4.25. The van der Waals surface area contributed by atoms with Crippen LogP contribution in [0.15, 0.2) is 24.3 Å². The first-order valence-electron chi connectivity index (χ1n) is 9.08. The molecule has 1 aliphatic rings. The number of hydrogen-bond donors (Lipinski definition) is 3. The minimum Gasteiger partial charge on any atom is -0.396 e. The van der Waals surface area contributed by atoms with Crippen LogP contribution in [0.3, 0.4) is 0 Å². The maximum Gasteiger partial charge on any atom is 0.416 e. The summed E-state index contributed by atoms with van der Waals surface area (Å²) in [6, 6.07) is 4.39. The van der Waals surface area contributed by atoms with E-state index in [0.29, 0.717) is 13.1 Å². The van der Waals surface area contributed by atoms with Gasteiger partial charge in [-0.1, -0.05) is 32.0 Å². The highest BCUT2D eigenvalue weighted by molar-refractivity contribution is 5.88. The maximum atomic E-state index is 13.2. The summed E-state index contributed by atoms with van der Waals surface area (Å²) in [7, 11) is 0. The van der Waals surface area contributed by atoms with Crippen LogP contribution in [0.1, 0.15) is 31.4 Å². The van der Waals surface area contributed by atoms with Crippen LogP contribution in [-0.4, -0.2) is 54.1 Å². The summed E-state index contributed by atoms with van der Waals surface area (Å²) in [5.41, 5.74) is -1.18. The van der Waals surface area contributed by atoms with E-state index >= 15 is 0 Å². The van der Waals surface area contributed by atoms with Crippen molar-refractivity contribution in [3.8, 4) is 0 Å². The Morgan fingerprint density at radius 1 is 1.32 bits per heavy atom. The molecule has 2 rings (SSSR count). The molecule has 1 fully saturated rings. The lowest BCUT2D eigenvalue weighted by Crippen LogP contribution is -2.56. The van der Waals surface area contributed by atoms with Crippen LogP contribution in [0.5, 0.6) is 0 Å². The molecule has 0 saturated carbocycles. The topological polar surface area (TPSA) is 81.7 Å². The van der Waals surface area contributed by atoms with E-state index < -0.39 is 29.1 Å². The molecule has 28 heavy (non-hydrogen) atoms. The molecule has 3 N–H and O–H groups in total. The molecule has 2 amide bonds. The number of halogens is 3. The molecular weight excluding hydrogens is 375 g/mol. The number of hydrogen-bond acceptors (Lipinski definition) is 4. The quantitative estimate of drug-likeness (QED) is 0.647. The Morgan fingerprint density at radius 3 is 2.64 bits per heavy atom. The van der Waals surface area contributed by atoms with Crippen LogP contribution in [0.2, 0.25) is 0 Å². The van der Waals surface area contributed by atoms with E-state index in [1.54, 1.807) is 18.7 Å². The molecule has 0 spiro atoms. The van der Waals surface area contributed by atoms with Gasteiger partial charge in [0.1, 0.15) is 0 Å². The zero-order valence-electron chi connectivity index (χ0n) is 16.0. The lowest BCUT2D eigenvalue weighted by atomic mass is 9.95. The van der Waals surface area contributed by atoms with Crippen LogP contribution in [-0.2, 0) is 22.3 Å². The number of nitrogens with one attached hydrogen (secondary N) is 2. The van der Waals surface area contributed by atoms with Crippen LogP contribution >= 0.6 is 0 Å². The molecule has 1 heterocycles. The molecule has 0 bridgehead atoms. The van der Waals surface area contributed by atoms with E-state index in [-0.39, 0.29) is 37.6 Å². The number of aliphatic hydroxyl groups excluding tert-OH is 1. The van der Waals surface area contributed by atoms with Gasteiger partial charge in [-0.05, 0) is 11.6 Å². The monoisotopic (exact) mass is 401 g/mol. The zero-order valence-corrected chi connectivity index (χ0v) is 16.0. The van der Waals surface area contributed by atoms with Crippen LogP contribution in [0, 0.1) is 5.41 Å². The molecule has 1 aliphatic heterocycles. The summed E-state index contributed by atoms with van der Waals surface area (Å²) in [6.07, 6.45) is -4.65. The summed E-state index contributed by atoms with van der Waals surface area (Å²) < 4.78 is 39.7. The van der Waals surface area contributed by atoms with Gasteiger partial charge in [-0.15, -0.1) is 0 Å². The van der Waals surface area contributed by atoms with Gasteiger partial charge in [0.2, 0.25) is 11.8 Å². The van der Waals surface area contributed by atoms with Crippen molar-refractivity contribution in [3.05, 3.63) is 35.4 Å². The molecule has 0 aromatic heterocycles. The molecule has 1 unspecified atom stereocenters. The largest absolute Gasteiger partial charge is 0.416 e. The summed E-state index contributed by atoms with van der Waals surface area (Å²) >= 11 is 0. The number of benzene rings is 1. The fourth-order valence-electron chi connectivity index (χ4n) is 2.97. The fourth-order valence-corrected chi connectivity index (χ4v) is 2.97. The smallest absolute Gasteiger partial charge is 0.396 e. The van der Waals surface area contributed by atoms with Crippen molar-refractivity contribution < 1.29 is 27.9 Å². The number of piperazine rings is 1. The SMILES string of the molecule is CC(C)(CO)CNC(=O)CC1C(=O)NCCN1Cc1ccccc1C(F)(F)F. The van der Waals surface area contributed by atoms with Gasteiger partial charge in [-0.2, -0.15) is 13.2 Å². The molecule has 6 nitrogen and oxygen atoms in total. The van der Waals surface area contributed by atoms with E-state index in [1.807, 2.05) is 0 Å². The second-order valence-corrected chi connectivity index (χ2v) is 7.74. The van der Waals surface area contributed by atoms with E-state index in [4.69, 9.17) is 0 Å². The minimum absolute atomic E-state index is 0.0662. The number of alkyl halides is 3. The Balaban J connectivity index is 2.11. The van der Waals surface area contributed by atoms with Gasteiger partial charge in [0, 0.05) is 38.2 Å². The molecule has 1 saturated heterocycles. The number of carbonyl (C=O) groups excluding carboxylic acids is 2. The van der Waals surface area contributed by atoms with E-state index in [9.17, 15) is 27.9 Å². The lowest BCUT2D eigenvalue weighted by Gasteiger charge is -2.35.